The number of nitrogens with zero attached hydrogens (tertiary/aromatic N) is 3. The van der Waals surface area contributed by atoms with E-state index in [-0.39, 0.29) is 23.1 Å². The second-order valence-electron chi connectivity index (χ2n) is 8.89. The fourth-order valence-corrected chi connectivity index (χ4v) is 5.00. The van der Waals surface area contributed by atoms with Crippen molar-refractivity contribution in [2.45, 2.75) is 51.7 Å². The summed E-state index contributed by atoms with van der Waals surface area (Å²) in [7, 11) is 1.99. The second-order valence-corrected chi connectivity index (χ2v) is 8.89. The summed E-state index contributed by atoms with van der Waals surface area (Å²) < 4.78 is 1.96. The molecule has 0 spiro atoms. The number of hydrogen-bond acceptors (Lipinski definition) is 4. The van der Waals surface area contributed by atoms with Crippen molar-refractivity contribution in [2.24, 2.45) is 5.92 Å². The van der Waals surface area contributed by atoms with Crippen molar-refractivity contribution >= 4 is 5.91 Å². The second kappa shape index (κ2) is 8.64. The maximum absolute atomic E-state index is 13.2. The van der Waals surface area contributed by atoms with E-state index in [9.17, 15) is 14.7 Å². The van der Waals surface area contributed by atoms with E-state index >= 15 is 0 Å². The smallest absolute Gasteiger partial charge is 0.255 e. The number of likely N-dealkylation sites (tertiary alicyclic amines) is 1. The molecular weight excluding hydrogens is 378 g/mol. The largest absolute Gasteiger partial charge is 0.508 e. The van der Waals surface area contributed by atoms with Crippen molar-refractivity contribution in [3.63, 3.8) is 0 Å². The molecule has 1 aromatic heterocycles. The number of hydrogen-bond donors (Lipinski definition) is 1. The van der Waals surface area contributed by atoms with E-state index in [1.165, 1.54) is 0 Å². The van der Waals surface area contributed by atoms with E-state index in [1.807, 2.05) is 41.6 Å². The van der Waals surface area contributed by atoms with Crippen LogP contribution in [0.4, 0.5) is 0 Å². The van der Waals surface area contributed by atoms with Crippen LogP contribution in [0.1, 0.15) is 48.9 Å². The van der Waals surface area contributed by atoms with Crippen LogP contribution in [0, 0.1) is 5.92 Å². The highest BCUT2D eigenvalue weighted by Gasteiger charge is 2.36. The summed E-state index contributed by atoms with van der Waals surface area (Å²) in [6.45, 7) is 5.45. The molecular formula is C24H31N3O3. The monoisotopic (exact) mass is 409 g/mol. The molecule has 2 bridgehead atoms. The van der Waals surface area contributed by atoms with Crippen LogP contribution in [0.3, 0.4) is 0 Å². The lowest BCUT2D eigenvalue weighted by Gasteiger charge is -2.43. The number of pyridine rings is 1. The van der Waals surface area contributed by atoms with Gasteiger partial charge in [-0.2, -0.15) is 0 Å². The van der Waals surface area contributed by atoms with Crippen molar-refractivity contribution in [3.8, 4) is 5.75 Å². The Balaban J connectivity index is 1.50. The minimum Gasteiger partial charge on any atom is -0.508 e. The maximum atomic E-state index is 13.2. The summed E-state index contributed by atoms with van der Waals surface area (Å²) in [4.78, 5) is 29.7. The Kier molecular flexibility index (Phi) is 5.95. The van der Waals surface area contributed by atoms with E-state index < -0.39 is 0 Å². The number of aromatic nitrogens is 1. The quantitative estimate of drug-likeness (QED) is 0.797. The maximum Gasteiger partial charge on any atom is 0.255 e. The standard InChI is InChI=1S/C24H31N3O3/c1-3-5-23(29)26-13-18-10-20(16-26)22-9-8-19(24(30)27(22)14-18)15-25(2)12-17-6-4-7-21(28)11-17/h4,6-9,11,18,20,28H,3,5,10,12-16H2,1-2H3/t18-,20+/m0/s1. The average molecular weight is 410 g/mol. The Morgan fingerprint density at radius 2 is 2.00 bits per heavy atom. The first kappa shape index (κ1) is 20.7. The molecule has 30 heavy (non-hydrogen) atoms. The van der Waals surface area contributed by atoms with Crippen LogP contribution in [0.5, 0.6) is 5.75 Å². The highest BCUT2D eigenvalue weighted by molar-refractivity contribution is 5.76. The first-order valence-corrected chi connectivity index (χ1v) is 10.9. The summed E-state index contributed by atoms with van der Waals surface area (Å²) in [5, 5.41) is 9.66. The fourth-order valence-electron chi connectivity index (χ4n) is 5.00. The SMILES string of the molecule is CCCC(=O)N1C[C@@H]2C[C@H](C1)c1ccc(CN(C)Cc3cccc(O)c3)c(=O)n1C2. The molecule has 1 fully saturated rings. The third kappa shape index (κ3) is 4.29. The van der Waals surface area contributed by atoms with Crippen molar-refractivity contribution in [1.29, 1.82) is 0 Å². The van der Waals surface area contributed by atoms with Gasteiger partial charge in [0.1, 0.15) is 5.75 Å². The van der Waals surface area contributed by atoms with Crippen molar-refractivity contribution in [3.05, 3.63) is 63.6 Å². The molecule has 0 unspecified atom stereocenters. The van der Waals surface area contributed by atoms with E-state index in [2.05, 4.69) is 11.0 Å². The number of carbonyl (C=O) groups excluding carboxylic acids is 1. The van der Waals surface area contributed by atoms with Crippen LogP contribution in [0.25, 0.3) is 0 Å². The van der Waals surface area contributed by atoms with E-state index in [4.69, 9.17) is 0 Å². The highest BCUT2D eigenvalue weighted by Crippen LogP contribution is 2.35. The minimum atomic E-state index is 0.0956. The first-order chi connectivity index (χ1) is 14.4. The molecule has 0 aliphatic carbocycles. The summed E-state index contributed by atoms with van der Waals surface area (Å²) in [6.07, 6.45) is 2.54. The molecule has 1 saturated heterocycles. The van der Waals surface area contributed by atoms with E-state index in [0.29, 0.717) is 32.0 Å². The van der Waals surface area contributed by atoms with Gasteiger partial charge in [0.25, 0.3) is 5.56 Å². The van der Waals surface area contributed by atoms with Gasteiger partial charge in [-0.05, 0) is 49.6 Å². The predicted molar refractivity (Wildman–Crippen MR) is 116 cm³/mol. The molecule has 1 amide bonds. The lowest BCUT2D eigenvalue weighted by molar-refractivity contribution is -0.134. The minimum absolute atomic E-state index is 0.0956. The molecule has 2 aliphatic heterocycles. The zero-order valence-corrected chi connectivity index (χ0v) is 17.9. The normalized spacial score (nSPS) is 20.3. The Hall–Kier alpha value is -2.60. The molecule has 1 N–H and O–H groups in total. The Morgan fingerprint density at radius 3 is 2.77 bits per heavy atom. The van der Waals surface area contributed by atoms with Gasteiger partial charge in [-0.25, -0.2) is 0 Å². The van der Waals surface area contributed by atoms with Crippen LogP contribution >= 0.6 is 0 Å². The zero-order valence-electron chi connectivity index (χ0n) is 17.9. The van der Waals surface area contributed by atoms with Crippen LogP contribution < -0.4 is 5.56 Å². The Morgan fingerprint density at radius 1 is 1.17 bits per heavy atom. The van der Waals surface area contributed by atoms with Gasteiger partial charge in [-0.3, -0.25) is 14.5 Å². The number of phenols is 1. The summed E-state index contributed by atoms with van der Waals surface area (Å²) in [5.41, 5.74) is 2.98. The molecule has 1 aromatic carbocycles. The average Bonchev–Trinajstić information content (AvgIpc) is 2.70. The van der Waals surface area contributed by atoms with Crippen LogP contribution in [-0.2, 0) is 24.4 Å². The first-order valence-electron chi connectivity index (χ1n) is 10.9. The number of amides is 1. The number of carbonyl (C=O) groups is 1. The Labute approximate surface area is 177 Å². The zero-order chi connectivity index (χ0) is 21.3. The van der Waals surface area contributed by atoms with Gasteiger partial charge >= 0.3 is 0 Å². The van der Waals surface area contributed by atoms with Gasteiger partial charge in [0.2, 0.25) is 5.91 Å². The topological polar surface area (TPSA) is 65.8 Å². The van der Waals surface area contributed by atoms with Gasteiger partial charge < -0.3 is 14.6 Å². The van der Waals surface area contributed by atoms with Crippen molar-refractivity contribution < 1.29 is 9.90 Å². The highest BCUT2D eigenvalue weighted by atomic mass is 16.3. The van der Waals surface area contributed by atoms with Crippen molar-refractivity contribution in [1.82, 2.24) is 14.4 Å². The number of fused-ring (bicyclic) bond motifs is 4. The van der Waals surface area contributed by atoms with Gasteiger partial charge in [0.05, 0.1) is 0 Å². The summed E-state index contributed by atoms with van der Waals surface area (Å²) in [6, 6.07) is 11.3. The Bertz CT molecular complexity index is 984. The van der Waals surface area contributed by atoms with Crippen LogP contribution in [0.2, 0.25) is 0 Å². The van der Waals surface area contributed by atoms with Crippen molar-refractivity contribution in [2.75, 3.05) is 20.1 Å². The number of aromatic hydroxyl groups is 1. The molecule has 2 aliphatic rings. The van der Waals surface area contributed by atoms with Gasteiger partial charge in [-0.15, -0.1) is 0 Å². The van der Waals surface area contributed by atoms with E-state index in [0.717, 1.165) is 42.8 Å². The molecule has 0 radical (unpaired) electrons. The molecule has 6 heteroatoms. The number of piperidine rings is 1. The van der Waals surface area contributed by atoms with Gasteiger partial charge in [-0.1, -0.05) is 25.1 Å². The lowest BCUT2D eigenvalue weighted by Crippen LogP contribution is -2.49. The van der Waals surface area contributed by atoms with Gasteiger partial charge in [0.15, 0.2) is 0 Å². The van der Waals surface area contributed by atoms with Gasteiger partial charge in [0, 0.05) is 56.3 Å². The number of rotatable bonds is 6. The summed E-state index contributed by atoms with van der Waals surface area (Å²) in [5.74, 6) is 1.11. The lowest BCUT2D eigenvalue weighted by atomic mass is 9.82. The molecule has 6 nitrogen and oxygen atoms in total. The number of phenolic OH excluding ortho intramolecular Hbond substituents is 1. The van der Waals surface area contributed by atoms with Crippen LogP contribution in [-0.4, -0.2) is 45.5 Å². The molecule has 2 aromatic rings. The van der Waals surface area contributed by atoms with E-state index in [1.54, 1.807) is 12.1 Å². The van der Waals surface area contributed by atoms with Crippen LogP contribution in [0.15, 0.2) is 41.2 Å². The summed E-state index contributed by atoms with van der Waals surface area (Å²) >= 11 is 0. The number of benzene rings is 1. The molecule has 2 atom stereocenters. The fraction of sp³-hybridized carbons (Fsp3) is 0.500. The molecule has 160 valence electrons. The predicted octanol–water partition coefficient (Wildman–Crippen LogP) is 2.93. The molecule has 0 saturated carbocycles. The molecule has 3 heterocycles. The third-order valence-corrected chi connectivity index (χ3v) is 6.30. The molecule has 4 rings (SSSR count). The third-order valence-electron chi connectivity index (χ3n) is 6.30.